The van der Waals surface area contributed by atoms with Gasteiger partial charge in [-0.25, -0.2) is 0 Å². The minimum absolute atomic E-state index is 0.0214. The second-order valence-electron chi connectivity index (χ2n) is 5.86. The molecular weight excluding hydrogens is 316 g/mol. The summed E-state index contributed by atoms with van der Waals surface area (Å²) >= 11 is 0. The van der Waals surface area contributed by atoms with Gasteiger partial charge in [-0.2, -0.15) is 0 Å². The lowest BCUT2D eigenvalue weighted by molar-refractivity contribution is -0.132. The average molecular weight is 338 g/mol. The summed E-state index contributed by atoms with van der Waals surface area (Å²) in [5, 5.41) is 2.74. The van der Waals surface area contributed by atoms with Crippen LogP contribution in [0.15, 0.2) is 54.6 Å². The zero-order valence-electron chi connectivity index (χ0n) is 14.5. The summed E-state index contributed by atoms with van der Waals surface area (Å²) in [4.78, 5) is 36.9. The monoisotopic (exact) mass is 338 g/mol. The van der Waals surface area contributed by atoms with Crippen LogP contribution >= 0.6 is 0 Å². The minimum atomic E-state index is -0.288. The van der Waals surface area contributed by atoms with E-state index in [1.807, 2.05) is 30.3 Å². The second kappa shape index (κ2) is 8.78. The van der Waals surface area contributed by atoms with E-state index in [-0.39, 0.29) is 24.1 Å². The van der Waals surface area contributed by atoms with E-state index < -0.39 is 0 Å². The zero-order valence-corrected chi connectivity index (χ0v) is 14.5. The molecule has 0 aliphatic carbocycles. The third kappa shape index (κ3) is 5.88. The number of Topliss-reactive ketones (excluding diaryl/α,β-unsaturated/α-hetero) is 1. The molecule has 1 N–H and O–H groups in total. The number of nitrogens with one attached hydrogen (secondary N) is 1. The maximum Gasteiger partial charge on any atom is 0.243 e. The molecule has 0 atom stereocenters. The maximum absolute atomic E-state index is 12.2. The van der Waals surface area contributed by atoms with Gasteiger partial charge < -0.3 is 10.2 Å². The Morgan fingerprint density at radius 3 is 2.32 bits per heavy atom. The zero-order chi connectivity index (χ0) is 18.2. The summed E-state index contributed by atoms with van der Waals surface area (Å²) in [5.41, 5.74) is 2.19. The molecule has 0 spiro atoms. The van der Waals surface area contributed by atoms with E-state index in [2.05, 4.69) is 5.32 Å². The molecule has 0 heterocycles. The molecule has 5 heteroatoms. The van der Waals surface area contributed by atoms with Gasteiger partial charge in [0.05, 0.1) is 6.54 Å². The third-order valence-corrected chi connectivity index (χ3v) is 3.85. The van der Waals surface area contributed by atoms with E-state index >= 15 is 0 Å². The first kappa shape index (κ1) is 18.4. The van der Waals surface area contributed by atoms with Gasteiger partial charge in [0.25, 0.3) is 0 Å². The van der Waals surface area contributed by atoms with Crippen molar-refractivity contribution in [2.45, 2.75) is 20.3 Å². The highest BCUT2D eigenvalue weighted by molar-refractivity contribution is 5.98. The second-order valence-corrected chi connectivity index (χ2v) is 5.86. The minimum Gasteiger partial charge on any atom is -0.333 e. The lowest BCUT2D eigenvalue weighted by Gasteiger charge is -2.20. The van der Waals surface area contributed by atoms with Crippen molar-refractivity contribution in [1.82, 2.24) is 4.90 Å². The Balaban J connectivity index is 1.94. The van der Waals surface area contributed by atoms with E-state index in [4.69, 9.17) is 0 Å². The molecule has 0 saturated carbocycles. The van der Waals surface area contributed by atoms with Crippen LogP contribution in [0.25, 0.3) is 0 Å². The molecule has 2 amide bonds. The van der Waals surface area contributed by atoms with Crippen LogP contribution in [0, 0.1) is 0 Å². The summed E-state index contributed by atoms with van der Waals surface area (Å²) in [6.07, 6.45) is 0.688. The fourth-order valence-corrected chi connectivity index (χ4v) is 2.45. The van der Waals surface area contributed by atoms with Crippen molar-refractivity contribution >= 4 is 23.3 Å². The van der Waals surface area contributed by atoms with Crippen molar-refractivity contribution in [1.29, 1.82) is 0 Å². The fourth-order valence-electron chi connectivity index (χ4n) is 2.45. The Kier molecular flexibility index (Phi) is 6.46. The number of carbonyl (C=O) groups is 3. The number of hydrogen-bond acceptors (Lipinski definition) is 3. The highest BCUT2D eigenvalue weighted by atomic mass is 16.2. The van der Waals surface area contributed by atoms with Crippen molar-refractivity contribution in [3.8, 4) is 0 Å². The maximum atomic E-state index is 12.2. The SMILES string of the molecule is CC(=O)c1cccc(NC(=O)CN(CCc2ccccc2)C(C)=O)c1. The number of nitrogens with zero attached hydrogens (tertiary/aromatic N) is 1. The van der Waals surface area contributed by atoms with Crippen LogP contribution in [0.3, 0.4) is 0 Å². The van der Waals surface area contributed by atoms with Gasteiger partial charge in [-0.15, -0.1) is 0 Å². The molecular formula is C20H22N2O3. The van der Waals surface area contributed by atoms with Crippen molar-refractivity contribution in [2.75, 3.05) is 18.4 Å². The predicted octanol–water partition coefficient (Wildman–Crippen LogP) is 2.92. The Bertz CT molecular complexity index is 757. The fraction of sp³-hybridized carbons (Fsp3) is 0.250. The standard InChI is InChI=1S/C20H22N2O3/c1-15(23)18-9-6-10-19(13-18)21-20(25)14-22(16(2)24)12-11-17-7-4-3-5-8-17/h3-10,13H,11-12,14H2,1-2H3,(H,21,25). The lowest BCUT2D eigenvalue weighted by Crippen LogP contribution is -2.38. The van der Waals surface area contributed by atoms with E-state index in [0.29, 0.717) is 24.2 Å². The van der Waals surface area contributed by atoms with E-state index in [1.165, 1.54) is 18.7 Å². The molecule has 0 radical (unpaired) electrons. The number of rotatable bonds is 7. The number of hydrogen-bond donors (Lipinski definition) is 1. The van der Waals surface area contributed by atoms with Crippen LogP contribution in [0.4, 0.5) is 5.69 Å². The number of benzene rings is 2. The quantitative estimate of drug-likeness (QED) is 0.789. The number of anilines is 1. The Labute approximate surface area is 147 Å². The number of ketones is 1. The highest BCUT2D eigenvalue weighted by Gasteiger charge is 2.14. The lowest BCUT2D eigenvalue weighted by atomic mass is 10.1. The molecule has 5 nitrogen and oxygen atoms in total. The van der Waals surface area contributed by atoms with Gasteiger partial charge in [0.15, 0.2) is 5.78 Å². The average Bonchev–Trinajstić information content (AvgIpc) is 2.59. The van der Waals surface area contributed by atoms with Gasteiger partial charge in [-0.05, 0) is 31.0 Å². The molecule has 130 valence electrons. The van der Waals surface area contributed by atoms with Crippen molar-refractivity contribution in [2.24, 2.45) is 0 Å². The first-order valence-corrected chi connectivity index (χ1v) is 8.16. The molecule has 0 unspecified atom stereocenters. The molecule has 0 fully saturated rings. The van der Waals surface area contributed by atoms with E-state index in [1.54, 1.807) is 24.3 Å². The largest absolute Gasteiger partial charge is 0.333 e. The molecule has 25 heavy (non-hydrogen) atoms. The summed E-state index contributed by atoms with van der Waals surface area (Å²) < 4.78 is 0. The molecule has 2 rings (SSSR count). The van der Waals surface area contributed by atoms with Crippen LogP contribution in [-0.4, -0.2) is 35.6 Å². The van der Waals surface area contributed by atoms with Gasteiger partial charge in [0.2, 0.25) is 11.8 Å². The van der Waals surface area contributed by atoms with Crippen molar-refractivity contribution in [3.63, 3.8) is 0 Å². The topological polar surface area (TPSA) is 66.5 Å². The molecule has 2 aromatic carbocycles. The van der Waals surface area contributed by atoms with Crippen LogP contribution in [0.2, 0.25) is 0 Å². The summed E-state index contributed by atoms with van der Waals surface area (Å²) in [6, 6.07) is 16.6. The highest BCUT2D eigenvalue weighted by Crippen LogP contribution is 2.11. The van der Waals surface area contributed by atoms with Gasteiger partial charge in [0.1, 0.15) is 0 Å². The molecule has 0 aliphatic heterocycles. The first-order valence-electron chi connectivity index (χ1n) is 8.16. The summed E-state index contributed by atoms with van der Waals surface area (Å²) in [7, 11) is 0. The van der Waals surface area contributed by atoms with Gasteiger partial charge in [0, 0.05) is 24.7 Å². The Hall–Kier alpha value is -2.95. The summed E-state index contributed by atoms with van der Waals surface area (Å²) in [5.74, 6) is -0.503. The molecule has 0 saturated heterocycles. The number of carbonyl (C=O) groups excluding carboxylic acids is 3. The Morgan fingerprint density at radius 1 is 0.960 bits per heavy atom. The van der Waals surface area contributed by atoms with E-state index in [9.17, 15) is 14.4 Å². The van der Waals surface area contributed by atoms with E-state index in [0.717, 1.165) is 5.56 Å². The van der Waals surface area contributed by atoms with Gasteiger partial charge >= 0.3 is 0 Å². The molecule has 2 aromatic rings. The molecule has 0 aromatic heterocycles. The van der Waals surface area contributed by atoms with Crippen molar-refractivity contribution < 1.29 is 14.4 Å². The van der Waals surface area contributed by atoms with Crippen molar-refractivity contribution in [3.05, 3.63) is 65.7 Å². The smallest absolute Gasteiger partial charge is 0.243 e. The van der Waals surface area contributed by atoms with Crippen LogP contribution in [0.5, 0.6) is 0 Å². The van der Waals surface area contributed by atoms with Crippen LogP contribution in [0.1, 0.15) is 29.8 Å². The van der Waals surface area contributed by atoms with Gasteiger partial charge in [-0.3, -0.25) is 14.4 Å². The van der Waals surface area contributed by atoms with Gasteiger partial charge in [-0.1, -0.05) is 42.5 Å². The van der Waals surface area contributed by atoms with Crippen LogP contribution < -0.4 is 5.32 Å². The molecule has 0 aliphatic rings. The normalized spacial score (nSPS) is 10.2. The predicted molar refractivity (Wildman–Crippen MR) is 97.5 cm³/mol. The molecule has 0 bridgehead atoms. The number of amides is 2. The Morgan fingerprint density at radius 2 is 1.68 bits per heavy atom. The summed E-state index contributed by atoms with van der Waals surface area (Å²) in [6.45, 7) is 3.38. The van der Waals surface area contributed by atoms with Crippen LogP contribution in [-0.2, 0) is 16.0 Å². The first-order chi connectivity index (χ1) is 12.0. The third-order valence-electron chi connectivity index (χ3n) is 3.85.